The van der Waals surface area contributed by atoms with Crippen LogP contribution in [0, 0.1) is 0 Å². The molecule has 0 aliphatic rings. The minimum absolute atomic E-state index is 0.345. The van der Waals surface area contributed by atoms with Crippen LogP contribution in [0.3, 0.4) is 0 Å². The molecular formula is C13H30N2O. The second-order valence-electron chi connectivity index (χ2n) is 4.74. The van der Waals surface area contributed by atoms with Crippen LogP contribution in [-0.4, -0.2) is 50.3 Å². The molecule has 16 heavy (non-hydrogen) atoms. The summed E-state index contributed by atoms with van der Waals surface area (Å²) in [5.41, 5.74) is 0. The molecule has 0 bridgehead atoms. The number of nitrogens with one attached hydrogen (secondary N) is 1. The molecule has 0 aromatic carbocycles. The highest BCUT2D eigenvalue weighted by molar-refractivity contribution is 4.64. The fraction of sp³-hybridized carbons (Fsp3) is 1.00. The van der Waals surface area contributed by atoms with Gasteiger partial charge in [-0.05, 0) is 53.8 Å². The van der Waals surface area contributed by atoms with Crippen LogP contribution in [0.2, 0.25) is 0 Å². The van der Waals surface area contributed by atoms with Crippen molar-refractivity contribution < 1.29 is 4.74 Å². The van der Waals surface area contributed by atoms with E-state index in [0.717, 1.165) is 26.2 Å². The van der Waals surface area contributed by atoms with Crippen LogP contribution in [0.5, 0.6) is 0 Å². The van der Waals surface area contributed by atoms with Gasteiger partial charge in [0.2, 0.25) is 0 Å². The average Bonchev–Trinajstić information content (AvgIpc) is 2.23. The quantitative estimate of drug-likeness (QED) is 0.582. The standard InChI is InChI=1S/C13H30N2O/c1-6-14-9-7-8-13(4)15(5)10-11-16-12(2)3/h12-14H,6-11H2,1-5H3. The summed E-state index contributed by atoms with van der Waals surface area (Å²) in [7, 11) is 2.18. The highest BCUT2D eigenvalue weighted by Crippen LogP contribution is 2.03. The van der Waals surface area contributed by atoms with E-state index in [9.17, 15) is 0 Å². The molecule has 0 heterocycles. The lowest BCUT2D eigenvalue weighted by molar-refractivity contribution is 0.0564. The predicted octanol–water partition coefficient (Wildman–Crippen LogP) is 2.12. The van der Waals surface area contributed by atoms with Crippen molar-refractivity contribution in [2.24, 2.45) is 0 Å². The Hall–Kier alpha value is -0.120. The second-order valence-corrected chi connectivity index (χ2v) is 4.74. The Labute approximate surface area is 102 Å². The lowest BCUT2D eigenvalue weighted by Gasteiger charge is -2.25. The number of hydrogen-bond donors (Lipinski definition) is 1. The van der Waals surface area contributed by atoms with Gasteiger partial charge in [-0.2, -0.15) is 0 Å². The molecule has 0 aliphatic heterocycles. The van der Waals surface area contributed by atoms with Gasteiger partial charge in [0.25, 0.3) is 0 Å². The van der Waals surface area contributed by atoms with Gasteiger partial charge < -0.3 is 15.0 Å². The average molecular weight is 230 g/mol. The van der Waals surface area contributed by atoms with Crippen LogP contribution in [0.4, 0.5) is 0 Å². The molecule has 0 saturated heterocycles. The zero-order valence-corrected chi connectivity index (χ0v) is 11.8. The summed E-state index contributed by atoms with van der Waals surface area (Å²) in [6.45, 7) is 12.7. The van der Waals surface area contributed by atoms with Crippen molar-refractivity contribution in [2.45, 2.75) is 52.7 Å². The van der Waals surface area contributed by atoms with E-state index in [2.05, 4.69) is 45.0 Å². The maximum Gasteiger partial charge on any atom is 0.0596 e. The molecule has 0 fully saturated rings. The summed E-state index contributed by atoms with van der Waals surface area (Å²) >= 11 is 0. The topological polar surface area (TPSA) is 24.5 Å². The molecule has 3 nitrogen and oxygen atoms in total. The summed E-state index contributed by atoms with van der Waals surface area (Å²) in [5, 5.41) is 3.36. The second kappa shape index (κ2) is 10.1. The molecule has 0 rings (SSSR count). The van der Waals surface area contributed by atoms with Gasteiger partial charge in [-0.1, -0.05) is 6.92 Å². The number of hydrogen-bond acceptors (Lipinski definition) is 3. The van der Waals surface area contributed by atoms with Crippen LogP contribution in [-0.2, 0) is 4.74 Å². The number of ether oxygens (including phenoxy) is 1. The molecule has 1 atom stereocenters. The monoisotopic (exact) mass is 230 g/mol. The Morgan fingerprint density at radius 3 is 2.50 bits per heavy atom. The van der Waals surface area contributed by atoms with Crippen molar-refractivity contribution in [3.05, 3.63) is 0 Å². The fourth-order valence-corrected chi connectivity index (χ4v) is 1.57. The van der Waals surface area contributed by atoms with E-state index < -0.39 is 0 Å². The highest BCUT2D eigenvalue weighted by atomic mass is 16.5. The summed E-state index contributed by atoms with van der Waals surface area (Å²) in [6.07, 6.45) is 2.85. The zero-order valence-electron chi connectivity index (χ0n) is 11.8. The van der Waals surface area contributed by atoms with E-state index in [1.54, 1.807) is 0 Å². The van der Waals surface area contributed by atoms with E-state index in [-0.39, 0.29) is 0 Å². The first kappa shape index (κ1) is 15.9. The Bertz CT molecular complexity index is 151. The third kappa shape index (κ3) is 9.13. The minimum atomic E-state index is 0.345. The molecule has 3 heteroatoms. The van der Waals surface area contributed by atoms with Crippen molar-refractivity contribution in [3.8, 4) is 0 Å². The Kier molecular flexibility index (Phi) is 9.99. The molecule has 0 saturated carbocycles. The maximum absolute atomic E-state index is 5.55. The van der Waals surface area contributed by atoms with E-state index in [4.69, 9.17) is 4.74 Å². The van der Waals surface area contributed by atoms with Gasteiger partial charge in [0.05, 0.1) is 12.7 Å². The molecule has 0 aromatic rings. The Morgan fingerprint density at radius 2 is 1.94 bits per heavy atom. The maximum atomic E-state index is 5.55. The first-order valence-corrected chi connectivity index (χ1v) is 6.60. The molecule has 1 unspecified atom stereocenters. The molecule has 1 N–H and O–H groups in total. The van der Waals surface area contributed by atoms with Gasteiger partial charge >= 0.3 is 0 Å². The summed E-state index contributed by atoms with van der Waals surface area (Å²) in [5.74, 6) is 0. The molecule has 0 aliphatic carbocycles. The SMILES string of the molecule is CCNCCCC(C)N(C)CCOC(C)C. The number of likely N-dealkylation sites (N-methyl/N-ethyl adjacent to an activating group) is 1. The lowest BCUT2D eigenvalue weighted by Crippen LogP contribution is -2.33. The smallest absolute Gasteiger partial charge is 0.0596 e. The van der Waals surface area contributed by atoms with Crippen LogP contribution in [0.1, 0.15) is 40.5 Å². The van der Waals surface area contributed by atoms with Crippen molar-refractivity contribution in [3.63, 3.8) is 0 Å². The van der Waals surface area contributed by atoms with E-state index in [1.807, 2.05) is 0 Å². The number of nitrogens with zero attached hydrogens (tertiary/aromatic N) is 1. The van der Waals surface area contributed by atoms with Crippen molar-refractivity contribution in [1.29, 1.82) is 0 Å². The molecule has 98 valence electrons. The zero-order chi connectivity index (χ0) is 12.4. The van der Waals surface area contributed by atoms with Gasteiger partial charge in [-0.15, -0.1) is 0 Å². The van der Waals surface area contributed by atoms with Crippen molar-refractivity contribution >= 4 is 0 Å². The first-order valence-electron chi connectivity index (χ1n) is 6.60. The number of rotatable bonds is 10. The van der Waals surface area contributed by atoms with Gasteiger partial charge in [0.15, 0.2) is 0 Å². The lowest BCUT2D eigenvalue weighted by atomic mass is 10.1. The first-order chi connectivity index (χ1) is 7.57. The molecule has 0 spiro atoms. The molecule has 0 radical (unpaired) electrons. The van der Waals surface area contributed by atoms with E-state index >= 15 is 0 Å². The van der Waals surface area contributed by atoms with E-state index in [1.165, 1.54) is 12.8 Å². The Balaban J connectivity index is 3.45. The van der Waals surface area contributed by atoms with Crippen LogP contribution >= 0.6 is 0 Å². The summed E-state index contributed by atoms with van der Waals surface area (Å²) in [4.78, 5) is 2.38. The van der Waals surface area contributed by atoms with Crippen LogP contribution in [0.25, 0.3) is 0 Å². The van der Waals surface area contributed by atoms with Gasteiger partial charge in [-0.3, -0.25) is 0 Å². The molecule has 0 amide bonds. The fourth-order valence-electron chi connectivity index (χ4n) is 1.57. The summed E-state index contributed by atoms with van der Waals surface area (Å²) in [6, 6.07) is 0.648. The molecular weight excluding hydrogens is 200 g/mol. The van der Waals surface area contributed by atoms with Crippen molar-refractivity contribution in [2.75, 3.05) is 33.3 Å². The molecule has 0 aromatic heterocycles. The third-order valence-corrected chi connectivity index (χ3v) is 2.87. The largest absolute Gasteiger partial charge is 0.377 e. The van der Waals surface area contributed by atoms with E-state index in [0.29, 0.717) is 12.1 Å². The van der Waals surface area contributed by atoms with Gasteiger partial charge in [0, 0.05) is 12.6 Å². The van der Waals surface area contributed by atoms with Crippen molar-refractivity contribution in [1.82, 2.24) is 10.2 Å². The summed E-state index contributed by atoms with van der Waals surface area (Å²) < 4.78 is 5.55. The third-order valence-electron chi connectivity index (χ3n) is 2.87. The van der Waals surface area contributed by atoms with Gasteiger partial charge in [-0.25, -0.2) is 0 Å². The Morgan fingerprint density at radius 1 is 1.25 bits per heavy atom. The normalized spacial score (nSPS) is 13.7. The van der Waals surface area contributed by atoms with Gasteiger partial charge in [0.1, 0.15) is 0 Å². The highest BCUT2D eigenvalue weighted by Gasteiger charge is 2.08. The van der Waals surface area contributed by atoms with Crippen LogP contribution < -0.4 is 5.32 Å². The minimum Gasteiger partial charge on any atom is -0.377 e. The van der Waals surface area contributed by atoms with Crippen LogP contribution in [0.15, 0.2) is 0 Å². The predicted molar refractivity (Wildman–Crippen MR) is 71.0 cm³/mol.